The molecule has 0 radical (unpaired) electrons. The molecule has 0 bridgehead atoms. The van der Waals surface area contributed by atoms with Crippen LogP contribution in [0, 0.1) is 11.8 Å². The topological polar surface area (TPSA) is 62.4 Å². The van der Waals surface area contributed by atoms with Crippen LogP contribution in [0.3, 0.4) is 0 Å². The highest BCUT2D eigenvalue weighted by atomic mass is 33.1. The van der Waals surface area contributed by atoms with E-state index in [0.29, 0.717) is 24.6 Å². The van der Waals surface area contributed by atoms with E-state index in [4.69, 9.17) is 4.74 Å². The average Bonchev–Trinajstić information content (AvgIpc) is 2.50. The van der Waals surface area contributed by atoms with Crippen molar-refractivity contribution in [3.63, 3.8) is 0 Å². The molecular formula is C16H31N3O2S2. The Morgan fingerprint density at radius 3 is 2.65 bits per heavy atom. The molecule has 1 amide bonds. The van der Waals surface area contributed by atoms with Crippen molar-refractivity contribution >= 4 is 27.5 Å². The molecule has 134 valence electrons. The Labute approximate surface area is 149 Å². The number of carbonyl (C=O) groups excluding carboxylic acids is 1. The lowest BCUT2D eigenvalue weighted by Crippen LogP contribution is -2.31. The van der Waals surface area contributed by atoms with Crippen molar-refractivity contribution in [2.75, 3.05) is 38.6 Å². The van der Waals surface area contributed by atoms with Crippen molar-refractivity contribution < 1.29 is 9.53 Å². The molecule has 0 aromatic carbocycles. The molecule has 0 aromatic rings. The number of rotatable bonds is 13. The van der Waals surface area contributed by atoms with E-state index in [2.05, 4.69) is 48.6 Å². The average molecular weight is 362 g/mol. The Kier molecular flexibility index (Phi) is 16.2. The molecule has 1 atom stereocenters. The van der Waals surface area contributed by atoms with Crippen molar-refractivity contribution in [1.29, 1.82) is 0 Å². The van der Waals surface area contributed by atoms with Gasteiger partial charge in [-0.05, 0) is 6.92 Å². The fourth-order valence-corrected chi connectivity index (χ4v) is 3.50. The minimum atomic E-state index is -0.119. The quantitative estimate of drug-likeness (QED) is 0.201. The summed E-state index contributed by atoms with van der Waals surface area (Å²) in [6.07, 6.45) is 0.806. The Hall–Kier alpha value is -0.390. The SMILES string of the molecule is CCC#CCNC(=O)COCCNC(C)SSCCNC(C)C. The van der Waals surface area contributed by atoms with Crippen LogP contribution in [0.15, 0.2) is 0 Å². The van der Waals surface area contributed by atoms with Gasteiger partial charge in [0.25, 0.3) is 0 Å². The molecular weight excluding hydrogens is 330 g/mol. The fourth-order valence-electron chi connectivity index (χ4n) is 1.45. The summed E-state index contributed by atoms with van der Waals surface area (Å²) in [5, 5.41) is 9.80. The summed E-state index contributed by atoms with van der Waals surface area (Å²) in [5.74, 6) is 6.73. The first-order valence-electron chi connectivity index (χ1n) is 8.11. The molecule has 7 heteroatoms. The zero-order valence-electron chi connectivity index (χ0n) is 14.7. The summed E-state index contributed by atoms with van der Waals surface area (Å²) in [5.41, 5.74) is 0. The minimum absolute atomic E-state index is 0.0899. The summed E-state index contributed by atoms with van der Waals surface area (Å²) < 4.78 is 5.32. The summed E-state index contributed by atoms with van der Waals surface area (Å²) >= 11 is 0. The summed E-state index contributed by atoms with van der Waals surface area (Å²) in [6, 6.07) is 0.546. The summed E-state index contributed by atoms with van der Waals surface area (Å²) in [6.45, 7) is 11.2. The molecule has 23 heavy (non-hydrogen) atoms. The zero-order chi connectivity index (χ0) is 17.3. The Balaban J connectivity index is 3.37. The molecule has 0 fully saturated rings. The van der Waals surface area contributed by atoms with Gasteiger partial charge in [0.1, 0.15) is 6.61 Å². The lowest BCUT2D eigenvalue weighted by atomic mass is 10.4. The smallest absolute Gasteiger partial charge is 0.246 e. The highest BCUT2D eigenvalue weighted by molar-refractivity contribution is 8.76. The van der Waals surface area contributed by atoms with Crippen LogP contribution in [0.1, 0.15) is 34.1 Å². The molecule has 0 aliphatic heterocycles. The van der Waals surface area contributed by atoms with Gasteiger partial charge in [0.05, 0.1) is 18.5 Å². The van der Waals surface area contributed by atoms with E-state index in [9.17, 15) is 4.79 Å². The Morgan fingerprint density at radius 2 is 1.96 bits per heavy atom. The van der Waals surface area contributed by atoms with Gasteiger partial charge in [-0.2, -0.15) is 0 Å². The van der Waals surface area contributed by atoms with Gasteiger partial charge >= 0.3 is 0 Å². The fraction of sp³-hybridized carbons (Fsp3) is 0.812. The first-order valence-corrected chi connectivity index (χ1v) is 10.5. The third-order valence-corrected chi connectivity index (χ3v) is 5.27. The maximum atomic E-state index is 11.4. The van der Waals surface area contributed by atoms with Gasteiger partial charge in [0.15, 0.2) is 0 Å². The van der Waals surface area contributed by atoms with Crippen LogP contribution in [0.5, 0.6) is 0 Å². The highest BCUT2D eigenvalue weighted by Crippen LogP contribution is 2.24. The van der Waals surface area contributed by atoms with Gasteiger partial charge in [0.2, 0.25) is 5.91 Å². The monoisotopic (exact) mass is 361 g/mol. The highest BCUT2D eigenvalue weighted by Gasteiger charge is 2.03. The van der Waals surface area contributed by atoms with Crippen LogP contribution in [0.25, 0.3) is 0 Å². The summed E-state index contributed by atoms with van der Waals surface area (Å²) in [7, 11) is 3.68. The van der Waals surface area contributed by atoms with E-state index in [0.717, 1.165) is 25.3 Å². The van der Waals surface area contributed by atoms with Crippen LogP contribution in [-0.4, -0.2) is 55.9 Å². The lowest BCUT2D eigenvalue weighted by molar-refractivity contribution is -0.125. The van der Waals surface area contributed by atoms with Crippen LogP contribution in [-0.2, 0) is 9.53 Å². The third kappa shape index (κ3) is 17.8. The summed E-state index contributed by atoms with van der Waals surface area (Å²) in [4.78, 5) is 11.4. The van der Waals surface area contributed by atoms with Gasteiger partial charge in [0, 0.05) is 31.3 Å². The van der Waals surface area contributed by atoms with E-state index in [1.807, 2.05) is 28.5 Å². The van der Waals surface area contributed by atoms with Crippen LogP contribution < -0.4 is 16.0 Å². The van der Waals surface area contributed by atoms with Crippen molar-refractivity contribution in [2.45, 2.75) is 45.5 Å². The maximum Gasteiger partial charge on any atom is 0.246 e. The first kappa shape index (κ1) is 22.6. The van der Waals surface area contributed by atoms with E-state index in [-0.39, 0.29) is 12.5 Å². The van der Waals surface area contributed by atoms with Crippen LogP contribution >= 0.6 is 21.6 Å². The van der Waals surface area contributed by atoms with E-state index in [1.54, 1.807) is 0 Å². The number of amides is 1. The van der Waals surface area contributed by atoms with Crippen molar-refractivity contribution in [2.24, 2.45) is 0 Å². The van der Waals surface area contributed by atoms with E-state index < -0.39 is 0 Å². The molecule has 0 saturated heterocycles. The first-order chi connectivity index (χ1) is 11.1. The lowest BCUT2D eigenvalue weighted by Gasteiger charge is -2.13. The predicted octanol–water partition coefficient (Wildman–Crippen LogP) is 1.85. The molecule has 0 saturated carbocycles. The van der Waals surface area contributed by atoms with Gasteiger partial charge in [-0.25, -0.2) is 0 Å². The number of hydrogen-bond donors (Lipinski definition) is 3. The maximum absolute atomic E-state index is 11.4. The van der Waals surface area contributed by atoms with Crippen LogP contribution in [0.4, 0.5) is 0 Å². The standard InChI is InChI=1S/C16H31N3O2S2/c1-5-6-7-8-19-16(20)13-21-11-9-18-15(4)23-22-12-10-17-14(2)3/h14-15,17-18H,5,8-13H2,1-4H3,(H,19,20). The molecule has 0 aliphatic carbocycles. The molecule has 0 aliphatic rings. The molecule has 0 aromatic heterocycles. The van der Waals surface area contributed by atoms with Gasteiger partial charge < -0.3 is 20.7 Å². The van der Waals surface area contributed by atoms with Crippen LogP contribution in [0.2, 0.25) is 0 Å². The van der Waals surface area contributed by atoms with Gasteiger partial charge in [-0.1, -0.05) is 48.3 Å². The third-order valence-electron chi connectivity index (χ3n) is 2.54. The zero-order valence-corrected chi connectivity index (χ0v) is 16.4. The van der Waals surface area contributed by atoms with Crippen molar-refractivity contribution in [3.05, 3.63) is 0 Å². The molecule has 1 unspecified atom stereocenters. The van der Waals surface area contributed by atoms with E-state index >= 15 is 0 Å². The molecule has 0 rings (SSSR count). The van der Waals surface area contributed by atoms with Gasteiger partial charge in [-0.3, -0.25) is 4.79 Å². The molecule has 5 nitrogen and oxygen atoms in total. The number of nitrogens with one attached hydrogen (secondary N) is 3. The van der Waals surface area contributed by atoms with Crippen molar-refractivity contribution in [3.8, 4) is 11.8 Å². The molecule has 3 N–H and O–H groups in total. The second kappa shape index (κ2) is 16.5. The number of hydrogen-bond acceptors (Lipinski definition) is 6. The predicted molar refractivity (Wildman–Crippen MR) is 103 cm³/mol. The molecule has 0 spiro atoms. The number of carbonyl (C=O) groups is 1. The second-order valence-corrected chi connectivity index (χ2v) is 7.99. The van der Waals surface area contributed by atoms with Gasteiger partial charge in [-0.15, -0.1) is 5.92 Å². The Morgan fingerprint density at radius 1 is 1.17 bits per heavy atom. The number of ether oxygens (including phenoxy) is 1. The minimum Gasteiger partial charge on any atom is -0.370 e. The Bertz CT molecular complexity index is 357. The molecule has 0 heterocycles. The second-order valence-electron chi connectivity index (χ2n) is 5.16. The normalized spacial score (nSPS) is 11.9. The van der Waals surface area contributed by atoms with E-state index in [1.165, 1.54) is 0 Å². The van der Waals surface area contributed by atoms with Crippen molar-refractivity contribution in [1.82, 2.24) is 16.0 Å². The largest absolute Gasteiger partial charge is 0.370 e.